The van der Waals surface area contributed by atoms with E-state index < -0.39 is 4.92 Å². The Morgan fingerprint density at radius 2 is 2.13 bits per heavy atom. The van der Waals surface area contributed by atoms with Crippen molar-refractivity contribution in [1.82, 2.24) is 4.73 Å². The summed E-state index contributed by atoms with van der Waals surface area (Å²) >= 11 is 0. The van der Waals surface area contributed by atoms with Crippen molar-refractivity contribution in [3.05, 3.63) is 33.4 Å². The van der Waals surface area contributed by atoms with Gasteiger partial charge in [0.2, 0.25) is 0 Å². The summed E-state index contributed by atoms with van der Waals surface area (Å²) in [5.41, 5.74) is 0.498. The van der Waals surface area contributed by atoms with Crippen LogP contribution in [0.2, 0.25) is 0 Å². The van der Waals surface area contributed by atoms with Crippen LogP contribution in [0.25, 0.3) is 0 Å². The van der Waals surface area contributed by atoms with Crippen LogP contribution in [-0.2, 0) is 0 Å². The Labute approximate surface area is 86.6 Å². The summed E-state index contributed by atoms with van der Waals surface area (Å²) in [7, 11) is 0. The minimum absolute atomic E-state index is 0.0372. The van der Waals surface area contributed by atoms with Crippen molar-refractivity contribution in [3.8, 4) is 0 Å². The molecule has 0 atom stereocenters. The first-order valence-electron chi connectivity index (χ1n) is 4.53. The zero-order valence-corrected chi connectivity index (χ0v) is 8.84. The molecule has 1 rings (SSSR count). The maximum atomic E-state index is 10.6. The minimum Gasteiger partial charge on any atom is -0.427 e. The largest absolute Gasteiger partial charge is 0.427 e. The molecule has 0 amide bonds. The van der Waals surface area contributed by atoms with E-state index >= 15 is 0 Å². The van der Waals surface area contributed by atoms with Crippen molar-refractivity contribution in [2.24, 2.45) is 4.99 Å². The average Bonchev–Trinajstić information content (AvgIpc) is 2.11. The second-order valence-electron chi connectivity index (χ2n) is 3.50. The minimum atomic E-state index is -0.508. The lowest BCUT2D eigenvalue weighted by Gasteiger charge is -2.04. The molecular formula is C9H13N3O3. The van der Waals surface area contributed by atoms with Crippen LogP contribution in [-0.4, -0.2) is 20.9 Å². The molecule has 0 aliphatic carbocycles. The van der Waals surface area contributed by atoms with Crippen LogP contribution in [0, 0.1) is 17.0 Å². The number of nitrogens with zero attached hydrogens (tertiary/aromatic N) is 3. The van der Waals surface area contributed by atoms with Crippen molar-refractivity contribution in [2.75, 3.05) is 0 Å². The van der Waals surface area contributed by atoms with Gasteiger partial charge in [0.25, 0.3) is 5.69 Å². The Hall–Kier alpha value is -1.85. The molecule has 0 saturated heterocycles. The van der Waals surface area contributed by atoms with E-state index in [0.29, 0.717) is 5.69 Å². The highest BCUT2D eigenvalue weighted by molar-refractivity contribution is 5.29. The van der Waals surface area contributed by atoms with Gasteiger partial charge in [-0.05, 0) is 20.8 Å². The molecule has 0 radical (unpaired) electrons. The molecule has 1 aromatic rings. The van der Waals surface area contributed by atoms with Gasteiger partial charge in [-0.15, -0.1) is 0 Å². The van der Waals surface area contributed by atoms with Crippen LogP contribution < -0.4 is 5.49 Å². The molecule has 0 unspecified atom stereocenters. The maximum absolute atomic E-state index is 10.6. The summed E-state index contributed by atoms with van der Waals surface area (Å²) in [5.74, 6) is 0. The summed E-state index contributed by atoms with van der Waals surface area (Å²) < 4.78 is 0.840. The predicted octanol–water partition coefficient (Wildman–Crippen LogP) is 1.25. The topological polar surface area (TPSA) is 80.7 Å². The van der Waals surface area contributed by atoms with Gasteiger partial charge in [-0.25, -0.2) is 0 Å². The molecule has 0 aromatic carbocycles. The van der Waals surface area contributed by atoms with E-state index in [9.17, 15) is 15.3 Å². The molecule has 6 heteroatoms. The molecule has 1 heterocycles. The second kappa shape index (κ2) is 4.12. The highest BCUT2D eigenvalue weighted by atomic mass is 16.6. The Morgan fingerprint density at radius 1 is 1.53 bits per heavy atom. The summed E-state index contributed by atoms with van der Waals surface area (Å²) in [4.78, 5) is 14.1. The fourth-order valence-corrected chi connectivity index (χ4v) is 1.15. The van der Waals surface area contributed by atoms with Gasteiger partial charge in [0.1, 0.15) is 0 Å². The molecule has 1 aromatic heterocycles. The van der Waals surface area contributed by atoms with Gasteiger partial charge in [-0.1, -0.05) is 0 Å². The van der Waals surface area contributed by atoms with Crippen molar-refractivity contribution in [3.63, 3.8) is 0 Å². The third kappa shape index (κ3) is 2.55. The normalized spacial score (nSPS) is 12.1. The summed E-state index contributed by atoms with van der Waals surface area (Å²) in [6.45, 7) is 5.23. The number of hydrogen-bond donors (Lipinski definition) is 1. The van der Waals surface area contributed by atoms with E-state index in [4.69, 9.17) is 0 Å². The van der Waals surface area contributed by atoms with Crippen molar-refractivity contribution in [1.29, 1.82) is 0 Å². The molecule has 6 nitrogen and oxygen atoms in total. The quantitative estimate of drug-likeness (QED) is 0.454. The van der Waals surface area contributed by atoms with E-state index in [2.05, 4.69) is 4.99 Å². The number of nitro groups is 1. The zero-order chi connectivity index (χ0) is 11.6. The molecule has 0 spiro atoms. The second-order valence-corrected chi connectivity index (χ2v) is 3.50. The third-order valence-corrected chi connectivity index (χ3v) is 1.79. The molecule has 0 aliphatic rings. The highest BCUT2D eigenvalue weighted by Gasteiger charge is 2.09. The molecule has 15 heavy (non-hydrogen) atoms. The highest BCUT2D eigenvalue weighted by Crippen LogP contribution is 2.08. The van der Waals surface area contributed by atoms with Crippen molar-refractivity contribution < 1.29 is 10.1 Å². The van der Waals surface area contributed by atoms with Gasteiger partial charge in [-0.2, -0.15) is 4.73 Å². The average molecular weight is 211 g/mol. The Bertz CT molecular complexity index is 448. The monoisotopic (exact) mass is 211 g/mol. The van der Waals surface area contributed by atoms with Crippen LogP contribution in [0.15, 0.2) is 17.1 Å². The lowest BCUT2D eigenvalue weighted by atomic mass is 10.3. The van der Waals surface area contributed by atoms with Crippen LogP contribution >= 0.6 is 0 Å². The van der Waals surface area contributed by atoms with E-state index in [1.54, 1.807) is 6.92 Å². The summed E-state index contributed by atoms with van der Waals surface area (Å²) in [6, 6.07) is 2.50. The number of pyridine rings is 1. The van der Waals surface area contributed by atoms with Crippen LogP contribution in [0.1, 0.15) is 19.5 Å². The smallest absolute Gasteiger partial charge is 0.275 e. The van der Waals surface area contributed by atoms with E-state index in [1.807, 2.05) is 13.8 Å². The van der Waals surface area contributed by atoms with Crippen LogP contribution in [0.3, 0.4) is 0 Å². The summed E-state index contributed by atoms with van der Waals surface area (Å²) in [5, 5.41) is 20.1. The molecular weight excluding hydrogens is 198 g/mol. The number of rotatable bonds is 2. The lowest BCUT2D eigenvalue weighted by molar-refractivity contribution is -0.385. The fourth-order valence-electron chi connectivity index (χ4n) is 1.15. The molecule has 0 aliphatic heterocycles. The Balaban J connectivity index is 3.45. The van der Waals surface area contributed by atoms with Gasteiger partial charge in [-0.3, -0.25) is 15.1 Å². The molecule has 0 saturated carbocycles. The Morgan fingerprint density at radius 3 is 2.60 bits per heavy atom. The molecule has 1 N–H and O–H groups in total. The number of aromatic nitrogens is 1. The van der Waals surface area contributed by atoms with E-state index in [0.717, 1.165) is 4.73 Å². The first-order valence-corrected chi connectivity index (χ1v) is 4.53. The van der Waals surface area contributed by atoms with Gasteiger partial charge in [0, 0.05) is 12.1 Å². The third-order valence-electron chi connectivity index (χ3n) is 1.79. The zero-order valence-electron chi connectivity index (χ0n) is 8.84. The molecule has 0 bridgehead atoms. The molecule has 0 fully saturated rings. The number of hydrogen-bond acceptors (Lipinski definition) is 4. The SMILES string of the molecule is Cc1cc([N+](=O)[O-])cc(=NC(C)C)n1O. The standard InChI is InChI=1S/C9H13N3O3/c1-6(2)10-9-5-8(12(14)15)4-7(3)11(9)13/h4-6,13H,1-3H3. The van der Waals surface area contributed by atoms with Crippen molar-refractivity contribution >= 4 is 5.69 Å². The van der Waals surface area contributed by atoms with Crippen molar-refractivity contribution in [2.45, 2.75) is 26.8 Å². The first-order chi connectivity index (χ1) is 6.91. The van der Waals surface area contributed by atoms with Gasteiger partial charge >= 0.3 is 0 Å². The maximum Gasteiger partial charge on any atom is 0.275 e. The fraction of sp³-hybridized carbons (Fsp3) is 0.444. The number of aryl methyl sites for hydroxylation is 1. The van der Waals surface area contributed by atoms with Crippen LogP contribution in [0.4, 0.5) is 5.69 Å². The van der Waals surface area contributed by atoms with E-state index in [-0.39, 0.29) is 17.2 Å². The van der Waals surface area contributed by atoms with Crippen LogP contribution in [0.5, 0.6) is 0 Å². The van der Waals surface area contributed by atoms with Gasteiger partial charge in [0.05, 0.1) is 16.7 Å². The predicted molar refractivity (Wildman–Crippen MR) is 53.7 cm³/mol. The van der Waals surface area contributed by atoms with Gasteiger partial charge < -0.3 is 5.21 Å². The summed E-state index contributed by atoms with van der Waals surface area (Å²) in [6.07, 6.45) is 0. The lowest BCUT2D eigenvalue weighted by Crippen LogP contribution is -2.22. The van der Waals surface area contributed by atoms with Gasteiger partial charge in [0.15, 0.2) is 5.49 Å². The molecule has 82 valence electrons. The first kappa shape index (κ1) is 11.2. The Kier molecular flexibility index (Phi) is 3.08. The van der Waals surface area contributed by atoms with E-state index in [1.165, 1.54) is 12.1 Å².